The van der Waals surface area contributed by atoms with E-state index in [-0.39, 0.29) is 17.6 Å². The maximum absolute atomic E-state index is 12.5. The summed E-state index contributed by atoms with van der Waals surface area (Å²) in [4.78, 5) is 14.9. The molecule has 9 heteroatoms. The number of ether oxygens (including phenoxy) is 4. The highest BCUT2D eigenvalue weighted by atomic mass is 16.5. The molecule has 1 atom stereocenters. The van der Waals surface area contributed by atoms with Gasteiger partial charge in [0.25, 0.3) is 5.91 Å². The van der Waals surface area contributed by atoms with Crippen molar-refractivity contribution in [2.24, 2.45) is 7.05 Å². The Balaban J connectivity index is 1.29. The van der Waals surface area contributed by atoms with Crippen LogP contribution in [0.2, 0.25) is 0 Å². The smallest absolute Gasteiger partial charge is 0.269 e. The number of carbonyl (C=O) groups excluding carboxylic acids is 1. The molecule has 2 saturated heterocycles. The Morgan fingerprint density at radius 2 is 1.76 bits per heavy atom. The van der Waals surface area contributed by atoms with Gasteiger partial charge in [0.05, 0.1) is 38.7 Å². The van der Waals surface area contributed by atoms with Gasteiger partial charge in [0.15, 0.2) is 11.5 Å². The summed E-state index contributed by atoms with van der Waals surface area (Å²) in [5.41, 5.74) is 2.40. The summed E-state index contributed by atoms with van der Waals surface area (Å²) in [5.74, 6) is 2.06. The Kier molecular flexibility index (Phi) is 7.33. The van der Waals surface area contributed by atoms with Crippen molar-refractivity contribution < 1.29 is 23.7 Å². The first kappa shape index (κ1) is 24.3. The summed E-state index contributed by atoms with van der Waals surface area (Å²) in [6.45, 7) is 5.09. The molecule has 9 nitrogen and oxygen atoms in total. The molecule has 2 fully saturated rings. The zero-order chi connectivity index (χ0) is 24.3. The van der Waals surface area contributed by atoms with Gasteiger partial charge < -0.3 is 24.3 Å². The second-order valence-electron chi connectivity index (χ2n) is 9.26. The van der Waals surface area contributed by atoms with E-state index in [9.17, 15) is 4.79 Å². The van der Waals surface area contributed by atoms with E-state index >= 15 is 0 Å². The molecule has 1 aromatic carbocycles. The highest BCUT2D eigenvalue weighted by Crippen LogP contribution is 2.40. The van der Waals surface area contributed by atoms with Crippen molar-refractivity contribution in [1.82, 2.24) is 20.0 Å². The number of methoxy groups -OCH3 is 3. The predicted octanol–water partition coefficient (Wildman–Crippen LogP) is 2.70. The molecule has 1 aromatic heterocycles. The first-order valence-electron chi connectivity index (χ1n) is 11.8. The number of rotatable bonds is 8. The van der Waals surface area contributed by atoms with Gasteiger partial charge >= 0.3 is 0 Å². The Bertz CT molecular complexity index is 1010. The lowest BCUT2D eigenvalue weighted by molar-refractivity contribution is -0.0765. The van der Waals surface area contributed by atoms with Gasteiger partial charge in [-0.05, 0) is 44.7 Å². The van der Waals surface area contributed by atoms with E-state index in [1.807, 2.05) is 19.1 Å². The molecule has 1 amide bonds. The lowest BCUT2D eigenvalue weighted by atomic mass is 9.88. The second-order valence-corrected chi connectivity index (χ2v) is 9.26. The molecule has 2 aliphatic heterocycles. The minimum Gasteiger partial charge on any atom is -0.496 e. The number of hydrogen-bond donors (Lipinski definition) is 1. The van der Waals surface area contributed by atoms with Crippen LogP contribution in [-0.2, 0) is 18.3 Å². The molecule has 0 radical (unpaired) electrons. The molecular formula is C25H36N4O5. The van der Waals surface area contributed by atoms with Crippen molar-refractivity contribution in [3.05, 3.63) is 35.2 Å². The number of hydrogen-bond acceptors (Lipinski definition) is 7. The zero-order valence-electron chi connectivity index (χ0n) is 20.8. The van der Waals surface area contributed by atoms with Crippen molar-refractivity contribution >= 4 is 5.91 Å². The van der Waals surface area contributed by atoms with Crippen LogP contribution in [-0.4, -0.2) is 73.3 Å². The molecule has 2 aliphatic rings. The maximum atomic E-state index is 12.5. The third-order valence-corrected chi connectivity index (χ3v) is 7.01. The van der Waals surface area contributed by atoms with Crippen molar-refractivity contribution in [1.29, 1.82) is 0 Å². The number of nitrogens with one attached hydrogen (secondary N) is 1. The number of aryl methyl sites for hydroxylation is 2. The summed E-state index contributed by atoms with van der Waals surface area (Å²) in [6.07, 6.45) is 4.01. The largest absolute Gasteiger partial charge is 0.496 e. The summed E-state index contributed by atoms with van der Waals surface area (Å²) >= 11 is 0. The van der Waals surface area contributed by atoms with Gasteiger partial charge in [0.1, 0.15) is 11.4 Å². The van der Waals surface area contributed by atoms with E-state index in [0.29, 0.717) is 23.7 Å². The minimum absolute atomic E-state index is 0.0516. The second kappa shape index (κ2) is 10.2. The van der Waals surface area contributed by atoms with Gasteiger partial charge in [-0.15, -0.1) is 0 Å². The van der Waals surface area contributed by atoms with Crippen LogP contribution in [0.15, 0.2) is 18.2 Å². The molecule has 0 saturated carbocycles. The van der Waals surface area contributed by atoms with E-state index in [1.54, 1.807) is 39.1 Å². The maximum Gasteiger partial charge on any atom is 0.269 e. The van der Waals surface area contributed by atoms with E-state index < -0.39 is 0 Å². The number of amides is 1. The minimum atomic E-state index is -0.105. The van der Waals surface area contributed by atoms with Crippen LogP contribution in [0.25, 0.3) is 0 Å². The van der Waals surface area contributed by atoms with Crippen molar-refractivity contribution in [2.45, 2.75) is 50.9 Å². The average molecular weight is 473 g/mol. The lowest BCUT2D eigenvalue weighted by Crippen LogP contribution is -2.45. The third kappa shape index (κ3) is 5.15. The Morgan fingerprint density at radius 3 is 2.38 bits per heavy atom. The molecule has 34 heavy (non-hydrogen) atoms. The number of aromatic nitrogens is 2. The van der Waals surface area contributed by atoms with Gasteiger partial charge in [0, 0.05) is 44.9 Å². The number of nitrogens with zero attached hydrogens (tertiary/aromatic N) is 3. The first-order chi connectivity index (χ1) is 16.4. The normalized spacial score (nSPS) is 19.9. The molecule has 0 unspecified atom stereocenters. The highest BCUT2D eigenvalue weighted by molar-refractivity contribution is 5.92. The Morgan fingerprint density at radius 1 is 1.09 bits per heavy atom. The number of piperidine rings is 1. The van der Waals surface area contributed by atoms with Gasteiger partial charge in [0.2, 0.25) is 0 Å². The van der Waals surface area contributed by atoms with Crippen LogP contribution in [0.5, 0.6) is 17.2 Å². The lowest BCUT2D eigenvalue weighted by Gasteiger charge is -2.39. The summed E-state index contributed by atoms with van der Waals surface area (Å²) in [5, 5.41) is 7.27. The fourth-order valence-electron chi connectivity index (χ4n) is 5.10. The first-order valence-corrected chi connectivity index (χ1v) is 11.8. The van der Waals surface area contributed by atoms with Crippen molar-refractivity contribution in [2.75, 3.05) is 41.0 Å². The number of likely N-dealkylation sites (tertiary alicyclic amines) is 1. The van der Waals surface area contributed by atoms with Crippen LogP contribution in [0.1, 0.15) is 47.4 Å². The highest BCUT2D eigenvalue weighted by Gasteiger charge is 2.42. The van der Waals surface area contributed by atoms with E-state index in [2.05, 4.69) is 15.3 Å². The van der Waals surface area contributed by atoms with Crippen LogP contribution >= 0.6 is 0 Å². The molecule has 4 rings (SSSR count). The fraction of sp³-hybridized carbons (Fsp3) is 0.600. The zero-order valence-corrected chi connectivity index (χ0v) is 20.8. The predicted molar refractivity (Wildman–Crippen MR) is 128 cm³/mol. The third-order valence-electron chi connectivity index (χ3n) is 7.01. The quantitative estimate of drug-likeness (QED) is 0.632. The summed E-state index contributed by atoms with van der Waals surface area (Å²) < 4.78 is 24.6. The SMILES string of the molecule is COc1cc(OC)c(OC)cc1CN1CCC2(CC[C@@H](CNC(=O)c3cc(C)nn3C)O2)CC1. The van der Waals surface area contributed by atoms with Gasteiger partial charge in [-0.2, -0.15) is 5.10 Å². The Hall–Kier alpha value is -2.78. The van der Waals surface area contributed by atoms with Crippen molar-refractivity contribution in [3.63, 3.8) is 0 Å². The van der Waals surface area contributed by atoms with Gasteiger partial charge in [-0.3, -0.25) is 14.4 Å². The van der Waals surface area contributed by atoms with Crippen LogP contribution < -0.4 is 19.5 Å². The molecule has 3 heterocycles. The topological polar surface area (TPSA) is 87.1 Å². The van der Waals surface area contributed by atoms with Crippen LogP contribution in [0.4, 0.5) is 0 Å². The van der Waals surface area contributed by atoms with E-state index in [1.165, 1.54) is 0 Å². The molecule has 0 aliphatic carbocycles. The Labute approximate surface area is 201 Å². The fourth-order valence-corrected chi connectivity index (χ4v) is 5.10. The van der Waals surface area contributed by atoms with Crippen LogP contribution in [0.3, 0.4) is 0 Å². The number of benzene rings is 1. The van der Waals surface area contributed by atoms with E-state index in [0.717, 1.165) is 62.3 Å². The van der Waals surface area contributed by atoms with E-state index in [4.69, 9.17) is 18.9 Å². The average Bonchev–Trinajstić information content (AvgIpc) is 3.40. The summed E-state index contributed by atoms with van der Waals surface area (Å²) in [6, 6.07) is 5.68. The molecule has 186 valence electrons. The molecule has 2 aromatic rings. The monoisotopic (exact) mass is 472 g/mol. The molecule has 1 spiro atoms. The van der Waals surface area contributed by atoms with Crippen LogP contribution in [0, 0.1) is 6.92 Å². The van der Waals surface area contributed by atoms with Crippen molar-refractivity contribution in [3.8, 4) is 17.2 Å². The number of carbonyl (C=O) groups is 1. The molecule has 1 N–H and O–H groups in total. The molecular weight excluding hydrogens is 436 g/mol. The standard InChI is InChI=1S/C25H36N4O5/c1-17-12-20(28(2)27-17)24(30)26-15-19-6-7-25(34-19)8-10-29(11-9-25)16-18-13-22(32-4)23(33-5)14-21(18)31-3/h12-14,19H,6-11,15-16H2,1-5H3,(H,26,30)/t19-/m0/s1. The molecule has 0 bridgehead atoms. The summed E-state index contributed by atoms with van der Waals surface area (Å²) in [7, 11) is 6.74. The van der Waals surface area contributed by atoms with Gasteiger partial charge in [-0.25, -0.2) is 0 Å². The van der Waals surface area contributed by atoms with Gasteiger partial charge in [-0.1, -0.05) is 0 Å².